The van der Waals surface area contributed by atoms with Crippen LogP contribution < -0.4 is 26.7 Å². The van der Waals surface area contributed by atoms with Crippen LogP contribution in [0.2, 0.25) is 0 Å². The number of ether oxygens (including phenoxy) is 1. The highest BCUT2D eigenvalue weighted by Crippen LogP contribution is 2.24. The fraction of sp³-hybridized carbons (Fsp3) is 0.320. The molecule has 2 heterocycles. The number of amides is 3. The van der Waals surface area contributed by atoms with Crippen molar-refractivity contribution >= 4 is 34.6 Å². The molecule has 1 atom stereocenters. The standard InChI is InChI=1S/C25H30N6O6/c1-15(2)14-37-19-10-5-8-16-22(19)30-21(27-16)13-31-12-6-9-18(24(31)34)28-23(33)17(29-25(35)36)7-3-4-11-20(26)32/h4-6,8-12,15,17,29H,3,7,13-14H2,1-2H3,(H2,26,32)(H,27,30)(H,28,33)(H,35,36)/b11-4+/t17-/m0/s1. The average molecular weight is 511 g/mol. The number of H-pyrrole nitrogens is 1. The normalized spacial score (nSPS) is 12.1. The van der Waals surface area contributed by atoms with Gasteiger partial charge < -0.3 is 35.8 Å². The van der Waals surface area contributed by atoms with Gasteiger partial charge in [-0.05, 0) is 49.1 Å². The van der Waals surface area contributed by atoms with Crippen LogP contribution in [0.15, 0.2) is 53.5 Å². The predicted octanol–water partition coefficient (Wildman–Crippen LogP) is 2.20. The molecule has 0 aliphatic carbocycles. The number of aromatic nitrogens is 3. The molecule has 0 unspecified atom stereocenters. The van der Waals surface area contributed by atoms with E-state index in [9.17, 15) is 19.2 Å². The summed E-state index contributed by atoms with van der Waals surface area (Å²) < 4.78 is 7.23. The molecule has 0 spiro atoms. The first kappa shape index (κ1) is 27.0. The van der Waals surface area contributed by atoms with Crippen molar-refractivity contribution in [3.63, 3.8) is 0 Å². The highest BCUT2D eigenvalue weighted by Gasteiger charge is 2.21. The summed E-state index contributed by atoms with van der Waals surface area (Å²) in [6.07, 6.45) is 3.00. The average Bonchev–Trinajstić information content (AvgIpc) is 3.24. The van der Waals surface area contributed by atoms with Gasteiger partial charge in [0.25, 0.3) is 5.56 Å². The van der Waals surface area contributed by atoms with Crippen LogP contribution in [0, 0.1) is 5.92 Å². The molecule has 6 N–H and O–H groups in total. The minimum Gasteiger partial charge on any atom is -0.491 e. The molecule has 196 valence electrons. The van der Waals surface area contributed by atoms with E-state index in [1.54, 1.807) is 12.3 Å². The van der Waals surface area contributed by atoms with Crippen molar-refractivity contribution in [2.24, 2.45) is 11.7 Å². The molecule has 0 bridgehead atoms. The number of fused-ring (bicyclic) bond motifs is 1. The minimum atomic E-state index is -1.40. The zero-order valence-electron chi connectivity index (χ0n) is 20.6. The van der Waals surface area contributed by atoms with Crippen molar-refractivity contribution in [3.8, 4) is 5.75 Å². The van der Waals surface area contributed by atoms with Gasteiger partial charge in [-0.1, -0.05) is 26.0 Å². The molecule has 1 aromatic carbocycles. The van der Waals surface area contributed by atoms with E-state index in [2.05, 4.69) is 34.4 Å². The second kappa shape index (κ2) is 12.4. The highest BCUT2D eigenvalue weighted by atomic mass is 16.5. The Bertz CT molecular complexity index is 1360. The van der Waals surface area contributed by atoms with E-state index in [1.165, 1.54) is 16.7 Å². The lowest BCUT2D eigenvalue weighted by Gasteiger charge is -2.16. The van der Waals surface area contributed by atoms with E-state index in [0.717, 1.165) is 11.6 Å². The van der Waals surface area contributed by atoms with E-state index in [1.807, 2.05) is 18.2 Å². The second-order valence-corrected chi connectivity index (χ2v) is 8.77. The first-order valence-electron chi connectivity index (χ1n) is 11.7. The Hall–Kier alpha value is -4.61. The van der Waals surface area contributed by atoms with Crippen LogP contribution in [0.5, 0.6) is 5.75 Å². The van der Waals surface area contributed by atoms with Gasteiger partial charge in [-0.15, -0.1) is 0 Å². The van der Waals surface area contributed by atoms with E-state index in [0.29, 0.717) is 29.6 Å². The number of carboxylic acid groups (broad SMARTS) is 1. The molecular weight excluding hydrogens is 480 g/mol. The lowest BCUT2D eigenvalue weighted by molar-refractivity contribution is -0.118. The van der Waals surface area contributed by atoms with Crippen LogP contribution in [-0.4, -0.2) is 50.2 Å². The van der Waals surface area contributed by atoms with Crippen LogP contribution in [0.25, 0.3) is 11.0 Å². The van der Waals surface area contributed by atoms with Gasteiger partial charge >= 0.3 is 6.09 Å². The van der Waals surface area contributed by atoms with E-state index in [-0.39, 0.29) is 25.1 Å². The van der Waals surface area contributed by atoms with Crippen LogP contribution >= 0.6 is 0 Å². The molecule has 0 aliphatic rings. The number of benzene rings is 1. The fourth-order valence-electron chi connectivity index (χ4n) is 3.52. The van der Waals surface area contributed by atoms with Crippen LogP contribution in [0.3, 0.4) is 0 Å². The zero-order chi connectivity index (χ0) is 26.9. The Morgan fingerprint density at radius 2 is 2.03 bits per heavy atom. The Balaban J connectivity index is 1.76. The third-order valence-electron chi connectivity index (χ3n) is 5.21. The maximum atomic E-state index is 13.0. The molecule has 37 heavy (non-hydrogen) atoms. The molecule has 0 radical (unpaired) electrons. The minimum absolute atomic E-state index is 0.0190. The first-order valence-corrected chi connectivity index (χ1v) is 11.7. The largest absolute Gasteiger partial charge is 0.491 e. The fourth-order valence-corrected chi connectivity index (χ4v) is 3.52. The topological polar surface area (TPSA) is 181 Å². The zero-order valence-corrected chi connectivity index (χ0v) is 20.6. The number of nitrogens with zero attached hydrogens (tertiary/aromatic N) is 2. The number of carbonyl (C=O) groups excluding carboxylic acids is 2. The van der Waals surface area contributed by atoms with Crippen molar-refractivity contribution < 1.29 is 24.2 Å². The SMILES string of the molecule is CC(C)COc1cccc2[nH]c(Cn3cccc(NC(=O)[C@H](CC/C=C/C(N)=O)NC(=O)O)c3=O)nc12. The lowest BCUT2D eigenvalue weighted by Crippen LogP contribution is -2.44. The van der Waals surface area contributed by atoms with Crippen LogP contribution in [0.1, 0.15) is 32.5 Å². The van der Waals surface area contributed by atoms with Crippen molar-refractivity contribution in [2.45, 2.75) is 39.3 Å². The number of imidazole rings is 1. The van der Waals surface area contributed by atoms with Crippen molar-refractivity contribution in [1.29, 1.82) is 0 Å². The van der Waals surface area contributed by atoms with Gasteiger partial charge in [-0.25, -0.2) is 9.78 Å². The first-order chi connectivity index (χ1) is 17.6. The second-order valence-electron chi connectivity index (χ2n) is 8.77. The molecule has 2 aromatic heterocycles. The van der Waals surface area contributed by atoms with Gasteiger partial charge in [0.05, 0.1) is 18.7 Å². The summed E-state index contributed by atoms with van der Waals surface area (Å²) in [5.74, 6) is 0.154. The molecule has 0 fully saturated rings. The number of carbonyl (C=O) groups is 3. The lowest BCUT2D eigenvalue weighted by atomic mass is 10.1. The third kappa shape index (κ3) is 7.69. The van der Waals surface area contributed by atoms with Crippen LogP contribution in [-0.2, 0) is 16.1 Å². The summed E-state index contributed by atoms with van der Waals surface area (Å²) in [6, 6.07) is 7.42. The quantitative estimate of drug-likeness (QED) is 0.231. The van der Waals surface area contributed by atoms with Gasteiger partial charge in [0, 0.05) is 6.20 Å². The number of hydrogen-bond acceptors (Lipinski definition) is 6. The third-order valence-corrected chi connectivity index (χ3v) is 5.21. The van der Waals surface area contributed by atoms with Gasteiger partial charge in [0.2, 0.25) is 11.8 Å². The van der Waals surface area contributed by atoms with E-state index in [4.69, 9.17) is 15.6 Å². The van der Waals surface area contributed by atoms with Crippen molar-refractivity contribution in [2.75, 3.05) is 11.9 Å². The number of aromatic amines is 1. The highest BCUT2D eigenvalue weighted by molar-refractivity contribution is 5.96. The molecule has 0 aliphatic heterocycles. The van der Waals surface area contributed by atoms with Crippen molar-refractivity contribution in [1.82, 2.24) is 19.9 Å². The monoisotopic (exact) mass is 510 g/mol. The molecule has 3 rings (SSSR count). The van der Waals surface area contributed by atoms with Gasteiger partial charge in [-0.3, -0.25) is 14.4 Å². The number of anilines is 1. The number of hydrogen-bond donors (Lipinski definition) is 5. The van der Waals surface area contributed by atoms with Crippen LogP contribution in [0.4, 0.5) is 10.5 Å². The number of para-hydroxylation sites is 1. The molecule has 12 nitrogen and oxygen atoms in total. The van der Waals surface area contributed by atoms with Gasteiger partial charge in [-0.2, -0.15) is 0 Å². The number of nitrogens with two attached hydrogens (primary N) is 1. The Kier molecular flexibility index (Phi) is 9.03. The maximum absolute atomic E-state index is 13.0. The molecule has 12 heteroatoms. The molecule has 0 saturated heterocycles. The number of allylic oxidation sites excluding steroid dienone is 1. The van der Waals surface area contributed by atoms with Gasteiger partial charge in [0.15, 0.2) is 0 Å². The summed E-state index contributed by atoms with van der Waals surface area (Å²) in [6.45, 7) is 4.75. The summed E-state index contributed by atoms with van der Waals surface area (Å²) in [7, 11) is 0. The molecule has 3 aromatic rings. The molecule has 0 saturated carbocycles. The summed E-state index contributed by atoms with van der Waals surface area (Å²) in [5.41, 5.74) is 5.94. The number of nitrogens with one attached hydrogen (secondary N) is 3. The Labute approximate surface area is 212 Å². The molecular formula is C25H30N6O6. The maximum Gasteiger partial charge on any atom is 0.405 e. The smallest absolute Gasteiger partial charge is 0.405 e. The summed E-state index contributed by atoms with van der Waals surface area (Å²) in [4.78, 5) is 55.5. The summed E-state index contributed by atoms with van der Waals surface area (Å²) >= 11 is 0. The summed E-state index contributed by atoms with van der Waals surface area (Å²) in [5, 5.41) is 13.7. The number of primary amides is 1. The molecule has 3 amide bonds. The predicted molar refractivity (Wildman–Crippen MR) is 137 cm³/mol. The van der Waals surface area contributed by atoms with E-state index < -0.39 is 29.5 Å². The van der Waals surface area contributed by atoms with Crippen molar-refractivity contribution in [3.05, 3.63) is 64.9 Å². The Morgan fingerprint density at radius 3 is 2.73 bits per heavy atom. The van der Waals surface area contributed by atoms with E-state index >= 15 is 0 Å². The number of pyridine rings is 1. The van der Waals surface area contributed by atoms with Gasteiger partial charge in [0.1, 0.15) is 28.8 Å². The number of rotatable bonds is 12. The Morgan fingerprint density at radius 1 is 1.24 bits per heavy atom.